The van der Waals surface area contributed by atoms with Crippen LogP contribution in [0.3, 0.4) is 0 Å². The van der Waals surface area contributed by atoms with Gasteiger partial charge in [0.25, 0.3) is 0 Å². The lowest BCUT2D eigenvalue weighted by atomic mass is 10.1. The summed E-state index contributed by atoms with van der Waals surface area (Å²) in [5.41, 5.74) is 3.09. The zero-order valence-electron chi connectivity index (χ0n) is 14.3. The van der Waals surface area contributed by atoms with Crippen molar-refractivity contribution in [1.82, 2.24) is 4.90 Å². The fourth-order valence-electron chi connectivity index (χ4n) is 2.56. The van der Waals surface area contributed by atoms with Gasteiger partial charge in [-0.3, -0.25) is 9.69 Å². The molecule has 0 radical (unpaired) electrons. The molecule has 1 aromatic rings. The number of aliphatic hydroxyl groups excluding tert-OH is 1. The normalized spacial score (nSPS) is 11.0. The number of unbranched alkanes of at least 4 members (excludes halogenated alkanes) is 2. The number of aliphatic hydroxyl groups is 1. The van der Waals surface area contributed by atoms with Gasteiger partial charge in [0.15, 0.2) is 0 Å². The van der Waals surface area contributed by atoms with Crippen LogP contribution in [0.2, 0.25) is 0 Å². The minimum absolute atomic E-state index is 0.0253. The molecule has 2 N–H and O–H groups in total. The lowest BCUT2D eigenvalue weighted by molar-refractivity contribution is -0.117. The van der Waals surface area contributed by atoms with Crippen LogP contribution in [0.25, 0.3) is 0 Å². The Hall–Kier alpha value is -1.04. The van der Waals surface area contributed by atoms with Crippen molar-refractivity contribution in [2.45, 2.75) is 39.5 Å². The van der Waals surface area contributed by atoms with Crippen LogP contribution in [0.4, 0.5) is 5.69 Å². The number of benzene rings is 1. The van der Waals surface area contributed by atoms with Crippen molar-refractivity contribution in [3.05, 3.63) is 29.3 Å². The Balaban J connectivity index is 2.56. The van der Waals surface area contributed by atoms with E-state index in [0.29, 0.717) is 6.54 Å². The molecule has 23 heavy (non-hydrogen) atoms. The van der Waals surface area contributed by atoms with Crippen LogP contribution < -0.4 is 5.32 Å². The summed E-state index contributed by atoms with van der Waals surface area (Å²) in [5, 5.41) is 12.0. The zero-order chi connectivity index (χ0) is 17.1. The third-order valence-electron chi connectivity index (χ3n) is 3.88. The molecule has 0 aliphatic heterocycles. The molecule has 1 amide bonds. The van der Waals surface area contributed by atoms with Gasteiger partial charge >= 0.3 is 0 Å². The molecule has 0 atom stereocenters. The van der Waals surface area contributed by atoms with Gasteiger partial charge in [-0.05, 0) is 69.5 Å². The van der Waals surface area contributed by atoms with Crippen molar-refractivity contribution in [1.29, 1.82) is 0 Å². The third kappa shape index (κ3) is 7.86. The quantitative estimate of drug-likeness (QED) is 0.429. The number of nitrogens with zero attached hydrogens (tertiary/aromatic N) is 1. The minimum Gasteiger partial charge on any atom is -0.396 e. The lowest BCUT2D eigenvalue weighted by Gasteiger charge is -2.22. The summed E-state index contributed by atoms with van der Waals surface area (Å²) in [7, 11) is 0. The van der Waals surface area contributed by atoms with E-state index < -0.39 is 0 Å². The van der Waals surface area contributed by atoms with Crippen molar-refractivity contribution in [3.8, 4) is 0 Å². The molecule has 4 nitrogen and oxygen atoms in total. The minimum atomic E-state index is 0.0253. The number of nitrogens with one attached hydrogen (secondary N) is 1. The van der Waals surface area contributed by atoms with Crippen molar-refractivity contribution >= 4 is 24.2 Å². The Bertz CT molecular complexity index is 450. The predicted molar refractivity (Wildman–Crippen MR) is 100 cm³/mol. The second kappa shape index (κ2) is 11.5. The van der Waals surface area contributed by atoms with Crippen LogP contribution in [-0.2, 0) is 4.79 Å². The fourth-order valence-corrected chi connectivity index (χ4v) is 2.78. The van der Waals surface area contributed by atoms with Gasteiger partial charge < -0.3 is 10.4 Å². The van der Waals surface area contributed by atoms with Gasteiger partial charge in [-0.1, -0.05) is 18.2 Å². The SMILES string of the molecule is Cc1cccc(C)c1NC(=O)CN(CCCCO)CCCCS. The average Bonchev–Trinajstić information content (AvgIpc) is 2.51. The molecular weight excluding hydrogens is 308 g/mol. The topological polar surface area (TPSA) is 52.6 Å². The van der Waals surface area contributed by atoms with Gasteiger partial charge in [-0.2, -0.15) is 12.6 Å². The highest BCUT2D eigenvalue weighted by atomic mass is 32.1. The Labute approximate surface area is 145 Å². The molecule has 0 saturated heterocycles. The third-order valence-corrected chi connectivity index (χ3v) is 4.19. The molecule has 0 bridgehead atoms. The number of carbonyl (C=O) groups excluding carboxylic acids is 1. The number of amides is 1. The van der Waals surface area contributed by atoms with E-state index in [1.54, 1.807) is 0 Å². The number of anilines is 1. The first-order valence-electron chi connectivity index (χ1n) is 8.38. The highest BCUT2D eigenvalue weighted by Gasteiger charge is 2.12. The smallest absolute Gasteiger partial charge is 0.238 e. The molecule has 1 rings (SSSR count). The van der Waals surface area contributed by atoms with Crippen LogP contribution in [0.1, 0.15) is 36.8 Å². The van der Waals surface area contributed by atoms with Crippen LogP contribution in [0.15, 0.2) is 18.2 Å². The van der Waals surface area contributed by atoms with Gasteiger partial charge in [0.2, 0.25) is 5.91 Å². The summed E-state index contributed by atoms with van der Waals surface area (Å²) in [6.07, 6.45) is 3.78. The first-order chi connectivity index (χ1) is 11.1. The van der Waals surface area contributed by atoms with Crippen molar-refractivity contribution in [3.63, 3.8) is 0 Å². The largest absolute Gasteiger partial charge is 0.396 e. The molecule has 0 unspecified atom stereocenters. The standard InChI is InChI=1S/C18H30N2O2S/c1-15-8-7-9-16(2)18(15)19-17(22)14-20(10-3-5-12-21)11-4-6-13-23/h7-9,21,23H,3-6,10-14H2,1-2H3,(H,19,22). The molecule has 0 spiro atoms. The number of thiol groups is 1. The molecule has 0 aliphatic rings. The lowest BCUT2D eigenvalue weighted by Crippen LogP contribution is -2.35. The fraction of sp³-hybridized carbons (Fsp3) is 0.611. The molecule has 0 heterocycles. The van der Waals surface area contributed by atoms with Crippen molar-refractivity contribution < 1.29 is 9.90 Å². The zero-order valence-corrected chi connectivity index (χ0v) is 15.2. The maximum atomic E-state index is 12.4. The second-order valence-corrected chi connectivity index (χ2v) is 6.40. The Morgan fingerprint density at radius 1 is 1.13 bits per heavy atom. The summed E-state index contributed by atoms with van der Waals surface area (Å²) in [4.78, 5) is 14.5. The van der Waals surface area contributed by atoms with Crippen molar-refractivity contribution in [2.75, 3.05) is 37.3 Å². The summed E-state index contributed by atoms with van der Waals surface area (Å²) >= 11 is 4.24. The Kier molecular flexibility index (Phi) is 9.99. The van der Waals surface area contributed by atoms with Gasteiger partial charge in [-0.15, -0.1) is 0 Å². The first-order valence-corrected chi connectivity index (χ1v) is 9.02. The van der Waals surface area contributed by atoms with Crippen LogP contribution in [0.5, 0.6) is 0 Å². The summed E-state index contributed by atoms with van der Waals surface area (Å²) in [6, 6.07) is 6.02. The number of carbonyl (C=O) groups is 1. The highest BCUT2D eigenvalue weighted by molar-refractivity contribution is 7.80. The summed E-state index contributed by atoms with van der Waals surface area (Å²) < 4.78 is 0. The maximum absolute atomic E-state index is 12.4. The number of hydrogen-bond donors (Lipinski definition) is 3. The van der Waals surface area contributed by atoms with E-state index in [9.17, 15) is 4.79 Å². The van der Waals surface area contributed by atoms with Gasteiger partial charge in [-0.25, -0.2) is 0 Å². The summed E-state index contributed by atoms with van der Waals surface area (Å²) in [5.74, 6) is 0.899. The predicted octanol–water partition coefficient (Wildman–Crippen LogP) is 3.03. The number of aryl methyl sites for hydroxylation is 2. The number of hydrogen-bond acceptors (Lipinski definition) is 4. The van der Waals surface area contributed by atoms with Gasteiger partial charge in [0.05, 0.1) is 6.54 Å². The summed E-state index contributed by atoms with van der Waals surface area (Å²) in [6.45, 7) is 6.35. The Morgan fingerprint density at radius 3 is 2.30 bits per heavy atom. The molecule has 0 fully saturated rings. The molecule has 5 heteroatoms. The maximum Gasteiger partial charge on any atom is 0.238 e. The Morgan fingerprint density at radius 2 is 1.74 bits per heavy atom. The second-order valence-electron chi connectivity index (χ2n) is 5.95. The first kappa shape index (κ1) is 20.0. The van der Waals surface area contributed by atoms with Gasteiger partial charge in [0, 0.05) is 12.3 Å². The highest BCUT2D eigenvalue weighted by Crippen LogP contribution is 2.19. The number of rotatable bonds is 11. The molecule has 0 aromatic heterocycles. The molecule has 1 aromatic carbocycles. The van der Waals surface area contributed by atoms with E-state index in [0.717, 1.165) is 61.3 Å². The molecular formula is C18H30N2O2S. The van der Waals surface area contributed by atoms with Crippen LogP contribution in [0, 0.1) is 13.8 Å². The average molecular weight is 339 g/mol. The molecule has 0 saturated carbocycles. The van der Waals surface area contributed by atoms with E-state index >= 15 is 0 Å². The molecule has 130 valence electrons. The van der Waals surface area contributed by atoms with E-state index in [1.807, 2.05) is 32.0 Å². The van der Waals surface area contributed by atoms with Crippen LogP contribution >= 0.6 is 12.6 Å². The molecule has 0 aliphatic carbocycles. The van der Waals surface area contributed by atoms with E-state index in [2.05, 4.69) is 22.8 Å². The van der Waals surface area contributed by atoms with E-state index in [4.69, 9.17) is 5.11 Å². The van der Waals surface area contributed by atoms with Crippen LogP contribution in [-0.4, -0.2) is 47.9 Å². The van der Waals surface area contributed by atoms with Crippen molar-refractivity contribution in [2.24, 2.45) is 0 Å². The number of para-hydroxylation sites is 1. The van der Waals surface area contributed by atoms with Gasteiger partial charge in [0.1, 0.15) is 0 Å². The monoisotopic (exact) mass is 338 g/mol. The van der Waals surface area contributed by atoms with E-state index in [1.165, 1.54) is 0 Å². The van der Waals surface area contributed by atoms with E-state index in [-0.39, 0.29) is 12.5 Å².